The first-order valence-corrected chi connectivity index (χ1v) is 8.77. The second-order valence-electron chi connectivity index (χ2n) is 6.35. The molecule has 1 aromatic carbocycles. The third-order valence-corrected chi connectivity index (χ3v) is 5.14. The van der Waals surface area contributed by atoms with Gasteiger partial charge in [-0.1, -0.05) is 32.9 Å². The summed E-state index contributed by atoms with van der Waals surface area (Å²) in [6, 6.07) is 5.60. The van der Waals surface area contributed by atoms with Crippen molar-refractivity contribution in [1.82, 2.24) is 4.98 Å². The molecule has 1 unspecified atom stereocenters. The smallest absolute Gasteiger partial charge is 0.314 e. The van der Waals surface area contributed by atoms with Crippen LogP contribution in [-0.4, -0.2) is 23.2 Å². The van der Waals surface area contributed by atoms with Gasteiger partial charge in [-0.3, -0.25) is 4.79 Å². The van der Waals surface area contributed by atoms with E-state index in [2.05, 4.69) is 18.8 Å². The molecule has 0 amide bonds. The van der Waals surface area contributed by atoms with E-state index in [0.717, 1.165) is 24.0 Å². The van der Waals surface area contributed by atoms with E-state index in [1.54, 1.807) is 12.3 Å². The summed E-state index contributed by atoms with van der Waals surface area (Å²) in [4.78, 5) is 16.6. The number of methoxy groups -OCH3 is 1. The number of oxazole rings is 1. The third-order valence-electron chi connectivity index (χ3n) is 5.14. The number of hydrogen-bond donors (Lipinski definition) is 1. The van der Waals surface area contributed by atoms with E-state index >= 15 is 0 Å². The first-order chi connectivity index (χ1) is 11.9. The molecule has 0 radical (unpaired) electrons. The fourth-order valence-corrected chi connectivity index (χ4v) is 3.34. The Kier molecular flexibility index (Phi) is 5.88. The molecule has 0 spiro atoms. The number of rotatable bonds is 7. The molecule has 1 aromatic heterocycles. The largest absolute Gasteiger partial charge is 0.508 e. The molecule has 2 rings (SSSR count). The zero-order chi connectivity index (χ0) is 18.6. The molecular formula is C20H27NO4. The van der Waals surface area contributed by atoms with Gasteiger partial charge in [0.25, 0.3) is 0 Å². The number of carbonyl (C=O) groups excluding carboxylic acids is 1. The number of ether oxygens (including phenoxy) is 1. The van der Waals surface area contributed by atoms with Crippen molar-refractivity contribution in [3.63, 3.8) is 0 Å². The van der Waals surface area contributed by atoms with Gasteiger partial charge in [0.15, 0.2) is 0 Å². The Morgan fingerprint density at radius 2 is 2.00 bits per heavy atom. The second-order valence-corrected chi connectivity index (χ2v) is 6.35. The van der Waals surface area contributed by atoms with Gasteiger partial charge in [-0.05, 0) is 43.4 Å². The third kappa shape index (κ3) is 3.41. The van der Waals surface area contributed by atoms with E-state index in [1.807, 2.05) is 26.0 Å². The number of aryl methyl sites for hydroxylation is 1. The Labute approximate surface area is 149 Å². The van der Waals surface area contributed by atoms with E-state index in [9.17, 15) is 9.90 Å². The summed E-state index contributed by atoms with van der Waals surface area (Å²) in [5.74, 6) is 0.145. The van der Waals surface area contributed by atoms with E-state index in [0.29, 0.717) is 18.0 Å². The maximum atomic E-state index is 12.0. The SMILES string of the molecule is CCC(C(=O)OC)c1coc(C(CC)(CC)c2ccc(O)c(C)c2)n1. The highest BCUT2D eigenvalue weighted by Gasteiger charge is 2.37. The van der Waals surface area contributed by atoms with Crippen molar-refractivity contribution in [2.45, 2.75) is 58.3 Å². The summed E-state index contributed by atoms with van der Waals surface area (Å²) < 4.78 is 10.7. The lowest BCUT2D eigenvalue weighted by Gasteiger charge is -2.29. The Bertz CT molecular complexity index is 731. The van der Waals surface area contributed by atoms with Crippen molar-refractivity contribution < 1.29 is 19.1 Å². The minimum absolute atomic E-state index is 0.273. The van der Waals surface area contributed by atoms with Gasteiger partial charge in [0, 0.05) is 0 Å². The Balaban J connectivity index is 2.51. The molecule has 0 aliphatic carbocycles. The highest BCUT2D eigenvalue weighted by Crippen LogP contribution is 2.40. The molecule has 1 atom stereocenters. The van der Waals surface area contributed by atoms with Crippen molar-refractivity contribution >= 4 is 5.97 Å². The minimum atomic E-state index is -0.421. The summed E-state index contributed by atoms with van der Waals surface area (Å²) in [5.41, 5.74) is 2.07. The van der Waals surface area contributed by atoms with Crippen LogP contribution in [0, 0.1) is 6.92 Å². The first-order valence-electron chi connectivity index (χ1n) is 8.77. The minimum Gasteiger partial charge on any atom is -0.508 e. The quantitative estimate of drug-likeness (QED) is 0.750. The highest BCUT2D eigenvalue weighted by molar-refractivity contribution is 5.77. The topological polar surface area (TPSA) is 72.6 Å². The normalized spacial score (nSPS) is 12.8. The number of esters is 1. The second kappa shape index (κ2) is 7.72. The van der Waals surface area contributed by atoms with Gasteiger partial charge >= 0.3 is 5.97 Å². The fraction of sp³-hybridized carbons (Fsp3) is 0.500. The molecule has 0 aliphatic heterocycles. The molecule has 0 saturated carbocycles. The molecular weight excluding hydrogens is 318 g/mol. The van der Waals surface area contributed by atoms with Crippen LogP contribution in [0.2, 0.25) is 0 Å². The van der Waals surface area contributed by atoms with Crippen LogP contribution in [0.3, 0.4) is 0 Å². The lowest BCUT2D eigenvalue weighted by molar-refractivity contribution is -0.142. The Morgan fingerprint density at radius 1 is 1.32 bits per heavy atom. The van der Waals surface area contributed by atoms with Crippen LogP contribution in [0.5, 0.6) is 5.75 Å². The van der Waals surface area contributed by atoms with Crippen LogP contribution < -0.4 is 0 Å². The predicted molar refractivity (Wildman–Crippen MR) is 95.8 cm³/mol. The van der Waals surface area contributed by atoms with Crippen LogP contribution >= 0.6 is 0 Å². The van der Waals surface area contributed by atoms with Gasteiger partial charge in [0.2, 0.25) is 5.89 Å². The van der Waals surface area contributed by atoms with Crippen molar-refractivity contribution in [1.29, 1.82) is 0 Å². The van der Waals surface area contributed by atoms with Gasteiger partial charge in [-0.25, -0.2) is 4.98 Å². The number of hydrogen-bond acceptors (Lipinski definition) is 5. The van der Waals surface area contributed by atoms with Gasteiger partial charge in [0.1, 0.15) is 17.9 Å². The number of aromatic hydroxyl groups is 1. The monoisotopic (exact) mass is 345 g/mol. The molecule has 1 N–H and O–H groups in total. The van der Waals surface area contributed by atoms with E-state index in [4.69, 9.17) is 9.15 Å². The molecule has 5 heteroatoms. The summed E-state index contributed by atoms with van der Waals surface area (Å²) in [7, 11) is 1.38. The highest BCUT2D eigenvalue weighted by atomic mass is 16.5. The zero-order valence-corrected chi connectivity index (χ0v) is 15.6. The number of phenols is 1. The van der Waals surface area contributed by atoms with Crippen molar-refractivity contribution in [3.05, 3.63) is 47.2 Å². The molecule has 0 fully saturated rings. The lowest BCUT2D eigenvalue weighted by Crippen LogP contribution is -2.27. The number of nitrogens with zero attached hydrogens (tertiary/aromatic N) is 1. The van der Waals surface area contributed by atoms with E-state index in [1.165, 1.54) is 7.11 Å². The standard InChI is InChI=1S/C20H27NO4/c1-6-15(18(23)24-5)16-12-25-19(21-16)20(7-2,8-3)14-9-10-17(22)13(4)11-14/h9-12,15,22H,6-8H2,1-5H3. The number of carbonyl (C=O) groups is 1. The predicted octanol–water partition coefficient (Wildman–Crippen LogP) is 4.46. The fourth-order valence-electron chi connectivity index (χ4n) is 3.34. The number of benzene rings is 1. The molecule has 0 saturated heterocycles. The first kappa shape index (κ1) is 19.0. The molecule has 2 aromatic rings. The van der Waals surface area contributed by atoms with Gasteiger partial charge < -0.3 is 14.3 Å². The maximum Gasteiger partial charge on any atom is 0.314 e. The van der Waals surface area contributed by atoms with Crippen LogP contribution in [-0.2, 0) is 14.9 Å². The van der Waals surface area contributed by atoms with Crippen molar-refractivity contribution in [2.24, 2.45) is 0 Å². The van der Waals surface area contributed by atoms with Crippen LogP contribution in [0.25, 0.3) is 0 Å². The molecule has 0 bridgehead atoms. The Morgan fingerprint density at radius 3 is 2.52 bits per heavy atom. The zero-order valence-electron chi connectivity index (χ0n) is 15.6. The van der Waals surface area contributed by atoms with Gasteiger partial charge in [-0.2, -0.15) is 0 Å². The van der Waals surface area contributed by atoms with E-state index < -0.39 is 11.3 Å². The lowest BCUT2D eigenvalue weighted by atomic mass is 9.75. The van der Waals surface area contributed by atoms with Crippen molar-refractivity contribution in [2.75, 3.05) is 7.11 Å². The molecule has 0 aliphatic rings. The summed E-state index contributed by atoms with van der Waals surface area (Å²) >= 11 is 0. The molecule has 1 heterocycles. The average Bonchev–Trinajstić information content (AvgIpc) is 3.10. The summed E-state index contributed by atoms with van der Waals surface area (Å²) in [6.45, 7) is 7.98. The summed E-state index contributed by atoms with van der Waals surface area (Å²) in [5, 5.41) is 9.83. The Hall–Kier alpha value is -2.30. The molecule has 5 nitrogen and oxygen atoms in total. The molecule has 25 heavy (non-hydrogen) atoms. The van der Waals surface area contributed by atoms with Gasteiger partial charge in [-0.15, -0.1) is 0 Å². The van der Waals surface area contributed by atoms with Crippen LogP contribution in [0.1, 0.15) is 68.7 Å². The van der Waals surface area contributed by atoms with Crippen LogP contribution in [0.15, 0.2) is 28.9 Å². The summed E-state index contributed by atoms with van der Waals surface area (Å²) in [6.07, 6.45) is 3.75. The van der Waals surface area contributed by atoms with Crippen LogP contribution in [0.4, 0.5) is 0 Å². The van der Waals surface area contributed by atoms with Gasteiger partial charge in [0.05, 0.1) is 18.2 Å². The number of aromatic nitrogens is 1. The van der Waals surface area contributed by atoms with Crippen molar-refractivity contribution in [3.8, 4) is 5.75 Å². The maximum absolute atomic E-state index is 12.0. The number of phenolic OH excluding ortho intramolecular Hbond substituents is 1. The van der Waals surface area contributed by atoms with E-state index in [-0.39, 0.29) is 11.7 Å². The molecule has 136 valence electrons. The average molecular weight is 345 g/mol.